The van der Waals surface area contributed by atoms with Gasteiger partial charge in [0.15, 0.2) is 5.78 Å². The largest absolute Gasteiger partial charge is 0.497 e. The summed E-state index contributed by atoms with van der Waals surface area (Å²) in [5.41, 5.74) is -2.40. The first-order valence-electron chi connectivity index (χ1n) is 7.38. The van der Waals surface area contributed by atoms with Gasteiger partial charge in [-0.3, -0.25) is 4.79 Å². The van der Waals surface area contributed by atoms with Crippen LogP contribution in [0, 0.1) is 0 Å². The van der Waals surface area contributed by atoms with Crippen molar-refractivity contribution in [1.29, 1.82) is 0 Å². The zero-order valence-electron chi connectivity index (χ0n) is 13.1. The first-order valence-corrected chi connectivity index (χ1v) is 8.36. The topological polar surface area (TPSA) is 26.3 Å². The molecule has 0 aliphatic heterocycles. The van der Waals surface area contributed by atoms with Crippen molar-refractivity contribution in [3.63, 3.8) is 0 Å². The zero-order valence-corrected chi connectivity index (χ0v) is 13.9. The number of hydrogen-bond acceptors (Lipinski definition) is 3. The fraction of sp³-hybridized carbons (Fsp3) is 0.278. The number of aryl methyl sites for hydroxylation is 1. The molecular formula is C18H17F3O2S. The standard InChI is InChI=1S/C18H17F3O2S/c1-23-15-10-8-14(9-11-15)17(22)16-7-3-2-5-13(16)6-4-12-24-18(19,20)21/h2-3,5,7-11H,4,6,12H2,1H3. The van der Waals surface area contributed by atoms with E-state index in [4.69, 9.17) is 4.74 Å². The first-order chi connectivity index (χ1) is 11.4. The summed E-state index contributed by atoms with van der Waals surface area (Å²) in [5.74, 6) is 0.495. The molecule has 0 saturated heterocycles. The molecule has 2 rings (SSSR count). The highest BCUT2D eigenvalue weighted by molar-refractivity contribution is 8.00. The van der Waals surface area contributed by atoms with Gasteiger partial charge < -0.3 is 4.74 Å². The Morgan fingerprint density at radius 1 is 1.08 bits per heavy atom. The van der Waals surface area contributed by atoms with Crippen molar-refractivity contribution in [3.8, 4) is 5.75 Å². The Labute approximate surface area is 143 Å². The Morgan fingerprint density at radius 2 is 1.75 bits per heavy atom. The Balaban J connectivity index is 2.08. The highest BCUT2D eigenvalue weighted by Crippen LogP contribution is 2.31. The number of carbonyl (C=O) groups is 1. The number of rotatable bonds is 7. The quantitative estimate of drug-likeness (QED) is 0.510. The fourth-order valence-electron chi connectivity index (χ4n) is 2.31. The van der Waals surface area contributed by atoms with Gasteiger partial charge in [-0.1, -0.05) is 36.0 Å². The van der Waals surface area contributed by atoms with Crippen LogP contribution in [0.2, 0.25) is 0 Å². The van der Waals surface area contributed by atoms with Crippen molar-refractivity contribution in [2.24, 2.45) is 0 Å². The predicted molar refractivity (Wildman–Crippen MR) is 89.7 cm³/mol. The summed E-state index contributed by atoms with van der Waals surface area (Å²) in [6.07, 6.45) is 0.790. The number of ether oxygens (including phenoxy) is 1. The molecule has 0 saturated carbocycles. The number of alkyl halides is 3. The van der Waals surface area contributed by atoms with E-state index in [1.165, 1.54) is 0 Å². The van der Waals surface area contributed by atoms with E-state index in [1.54, 1.807) is 55.6 Å². The van der Waals surface area contributed by atoms with Gasteiger partial charge in [0.05, 0.1) is 7.11 Å². The summed E-state index contributed by atoms with van der Waals surface area (Å²) >= 11 is -0.0313. The maximum atomic E-state index is 12.6. The van der Waals surface area contributed by atoms with E-state index in [1.807, 2.05) is 0 Å². The molecule has 24 heavy (non-hydrogen) atoms. The monoisotopic (exact) mass is 354 g/mol. The third-order valence-corrected chi connectivity index (χ3v) is 4.29. The lowest BCUT2D eigenvalue weighted by Gasteiger charge is -2.10. The van der Waals surface area contributed by atoms with E-state index >= 15 is 0 Å². The van der Waals surface area contributed by atoms with Gasteiger partial charge in [-0.25, -0.2) is 0 Å². The SMILES string of the molecule is COc1ccc(C(=O)c2ccccc2CCCSC(F)(F)F)cc1. The fourth-order valence-corrected chi connectivity index (χ4v) is 2.83. The lowest BCUT2D eigenvalue weighted by atomic mass is 9.96. The van der Waals surface area contributed by atoms with Gasteiger partial charge in [0, 0.05) is 16.9 Å². The number of ketones is 1. The minimum Gasteiger partial charge on any atom is -0.497 e. The van der Waals surface area contributed by atoms with Crippen molar-refractivity contribution in [2.45, 2.75) is 18.3 Å². The Morgan fingerprint density at radius 3 is 2.38 bits per heavy atom. The van der Waals surface area contributed by atoms with E-state index in [2.05, 4.69) is 0 Å². The number of methoxy groups -OCH3 is 1. The van der Waals surface area contributed by atoms with Crippen LogP contribution in [0.5, 0.6) is 5.75 Å². The molecular weight excluding hydrogens is 337 g/mol. The lowest BCUT2D eigenvalue weighted by molar-refractivity contribution is -0.0328. The summed E-state index contributed by atoms with van der Waals surface area (Å²) in [6, 6.07) is 13.8. The molecule has 0 bridgehead atoms. The minimum absolute atomic E-state index is 0.0193. The average Bonchev–Trinajstić information content (AvgIpc) is 2.58. The highest BCUT2D eigenvalue weighted by atomic mass is 32.2. The van der Waals surface area contributed by atoms with Crippen molar-refractivity contribution in [3.05, 3.63) is 65.2 Å². The summed E-state index contributed by atoms with van der Waals surface area (Å²) in [6.45, 7) is 0. The van der Waals surface area contributed by atoms with Crippen LogP contribution in [0.15, 0.2) is 48.5 Å². The predicted octanol–water partition coefficient (Wildman–Crippen LogP) is 5.11. The van der Waals surface area contributed by atoms with Gasteiger partial charge in [-0.15, -0.1) is 0 Å². The minimum atomic E-state index is -4.21. The van der Waals surface area contributed by atoms with Gasteiger partial charge in [0.2, 0.25) is 0 Å². The molecule has 0 spiro atoms. The third-order valence-electron chi connectivity index (χ3n) is 3.47. The Bertz CT molecular complexity index is 681. The van der Waals surface area contributed by atoms with Crippen molar-refractivity contribution < 1.29 is 22.7 Å². The van der Waals surface area contributed by atoms with Crippen LogP contribution in [0.1, 0.15) is 27.9 Å². The number of thioether (sulfide) groups is 1. The molecule has 0 fully saturated rings. The Kier molecular flexibility index (Phi) is 6.31. The van der Waals surface area contributed by atoms with E-state index in [0.29, 0.717) is 29.7 Å². The van der Waals surface area contributed by atoms with Crippen LogP contribution in [0.25, 0.3) is 0 Å². The molecule has 6 heteroatoms. The van der Waals surface area contributed by atoms with Gasteiger partial charge in [0.1, 0.15) is 5.75 Å². The maximum absolute atomic E-state index is 12.6. The second-order valence-corrected chi connectivity index (χ2v) is 6.27. The molecule has 2 aromatic carbocycles. The van der Waals surface area contributed by atoms with Crippen LogP contribution in [-0.4, -0.2) is 24.2 Å². The molecule has 0 heterocycles. The van der Waals surface area contributed by atoms with Gasteiger partial charge in [-0.2, -0.15) is 13.2 Å². The van der Waals surface area contributed by atoms with Crippen molar-refractivity contribution >= 4 is 17.5 Å². The van der Waals surface area contributed by atoms with E-state index in [9.17, 15) is 18.0 Å². The molecule has 2 aromatic rings. The summed E-state index contributed by atoms with van der Waals surface area (Å²) < 4.78 is 41.6. The van der Waals surface area contributed by atoms with Gasteiger partial charge >= 0.3 is 5.51 Å². The van der Waals surface area contributed by atoms with E-state index < -0.39 is 5.51 Å². The number of benzene rings is 2. The highest BCUT2D eigenvalue weighted by Gasteiger charge is 2.27. The molecule has 0 atom stereocenters. The van der Waals surface area contributed by atoms with Crippen LogP contribution < -0.4 is 4.74 Å². The van der Waals surface area contributed by atoms with Crippen LogP contribution in [-0.2, 0) is 6.42 Å². The second-order valence-electron chi connectivity index (χ2n) is 5.11. The molecule has 0 N–H and O–H groups in total. The number of halogens is 3. The van der Waals surface area contributed by atoms with Gasteiger partial charge in [-0.05, 0) is 42.7 Å². The van der Waals surface area contributed by atoms with Crippen LogP contribution in [0.3, 0.4) is 0 Å². The molecule has 0 aliphatic carbocycles. The summed E-state index contributed by atoms with van der Waals surface area (Å²) in [4.78, 5) is 12.6. The van der Waals surface area contributed by atoms with E-state index in [-0.39, 0.29) is 23.3 Å². The van der Waals surface area contributed by atoms with Crippen molar-refractivity contribution in [2.75, 3.05) is 12.9 Å². The van der Waals surface area contributed by atoms with Crippen LogP contribution in [0.4, 0.5) is 13.2 Å². The normalized spacial score (nSPS) is 11.3. The maximum Gasteiger partial charge on any atom is 0.441 e. The molecule has 0 aliphatic rings. The molecule has 128 valence electrons. The third kappa shape index (κ3) is 5.30. The summed E-state index contributed by atoms with van der Waals surface area (Å²) in [7, 11) is 1.55. The van der Waals surface area contributed by atoms with Gasteiger partial charge in [0.25, 0.3) is 0 Å². The molecule has 0 aromatic heterocycles. The Hall–Kier alpha value is -1.95. The first kappa shape index (κ1) is 18.4. The zero-order chi connectivity index (χ0) is 17.6. The number of hydrogen-bond donors (Lipinski definition) is 0. The van der Waals surface area contributed by atoms with Crippen LogP contribution >= 0.6 is 11.8 Å². The summed E-state index contributed by atoms with van der Waals surface area (Å²) in [5, 5.41) is 0. The lowest BCUT2D eigenvalue weighted by Crippen LogP contribution is -2.07. The van der Waals surface area contributed by atoms with Crippen molar-refractivity contribution in [1.82, 2.24) is 0 Å². The second kappa shape index (κ2) is 8.24. The smallest absolute Gasteiger partial charge is 0.441 e. The van der Waals surface area contributed by atoms with E-state index in [0.717, 1.165) is 5.56 Å². The number of carbonyl (C=O) groups excluding carboxylic acids is 1. The molecule has 0 radical (unpaired) electrons. The molecule has 0 amide bonds. The average molecular weight is 354 g/mol. The molecule has 2 nitrogen and oxygen atoms in total. The molecule has 0 unspecified atom stereocenters.